The average molecular weight is 274 g/mol. The van der Waals surface area contributed by atoms with Gasteiger partial charge in [0.1, 0.15) is 0 Å². The summed E-state index contributed by atoms with van der Waals surface area (Å²) >= 11 is 6.35. The monoisotopic (exact) mass is 273 g/mol. The topological polar surface area (TPSA) is 12.0 Å². The molecule has 0 aliphatic rings. The first-order valence-corrected chi connectivity index (χ1v) is 7.14. The molecule has 1 N–H and O–H groups in total. The molecular formula is C17H20ClN. The van der Waals surface area contributed by atoms with Gasteiger partial charge >= 0.3 is 0 Å². The van der Waals surface area contributed by atoms with Gasteiger partial charge in [0.15, 0.2) is 0 Å². The lowest BCUT2D eigenvalue weighted by Gasteiger charge is -2.21. The third-order valence-corrected chi connectivity index (χ3v) is 3.53. The van der Waals surface area contributed by atoms with E-state index in [0.29, 0.717) is 0 Å². The maximum atomic E-state index is 6.35. The molecule has 0 aromatic heterocycles. The number of rotatable bonds is 5. The van der Waals surface area contributed by atoms with E-state index in [-0.39, 0.29) is 6.04 Å². The van der Waals surface area contributed by atoms with Gasteiger partial charge in [-0.25, -0.2) is 0 Å². The van der Waals surface area contributed by atoms with Gasteiger partial charge in [0.2, 0.25) is 0 Å². The molecule has 19 heavy (non-hydrogen) atoms. The Balaban J connectivity index is 2.38. The van der Waals surface area contributed by atoms with Gasteiger partial charge in [-0.1, -0.05) is 66.6 Å². The molecule has 0 radical (unpaired) electrons. The highest BCUT2D eigenvalue weighted by Gasteiger charge is 2.15. The Kier molecular flexibility index (Phi) is 5.00. The Hall–Kier alpha value is -1.31. The Morgan fingerprint density at radius 3 is 2.58 bits per heavy atom. The quantitative estimate of drug-likeness (QED) is 0.830. The first kappa shape index (κ1) is 14.1. The highest BCUT2D eigenvalue weighted by atomic mass is 35.5. The molecule has 0 amide bonds. The summed E-state index contributed by atoms with van der Waals surface area (Å²) in [6.07, 6.45) is 1.10. The van der Waals surface area contributed by atoms with Crippen molar-refractivity contribution in [1.82, 2.24) is 5.32 Å². The van der Waals surface area contributed by atoms with E-state index in [2.05, 4.69) is 49.5 Å². The summed E-state index contributed by atoms with van der Waals surface area (Å²) in [5.41, 5.74) is 3.68. The smallest absolute Gasteiger partial charge is 0.0591 e. The molecule has 2 aromatic rings. The molecule has 0 fully saturated rings. The fourth-order valence-corrected chi connectivity index (χ4v) is 2.50. The minimum Gasteiger partial charge on any atom is -0.306 e. The second-order valence-corrected chi connectivity index (χ2v) is 5.23. The van der Waals surface area contributed by atoms with E-state index in [1.807, 2.05) is 18.2 Å². The van der Waals surface area contributed by atoms with Crippen LogP contribution in [0.25, 0.3) is 0 Å². The first-order valence-electron chi connectivity index (χ1n) is 6.76. The Labute approximate surface area is 120 Å². The second-order valence-electron chi connectivity index (χ2n) is 4.82. The molecule has 1 nitrogen and oxygen atoms in total. The molecular weight excluding hydrogens is 254 g/mol. The highest BCUT2D eigenvalue weighted by molar-refractivity contribution is 6.31. The van der Waals surface area contributed by atoms with Crippen molar-refractivity contribution in [1.29, 1.82) is 0 Å². The number of aryl methyl sites for hydroxylation is 1. The molecule has 2 rings (SSSR count). The zero-order valence-corrected chi connectivity index (χ0v) is 12.2. The van der Waals surface area contributed by atoms with Gasteiger partial charge in [-0.15, -0.1) is 0 Å². The lowest BCUT2D eigenvalue weighted by molar-refractivity contribution is 0.598. The molecule has 1 unspecified atom stereocenters. The maximum Gasteiger partial charge on any atom is 0.0591 e. The van der Waals surface area contributed by atoms with Crippen molar-refractivity contribution >= 4 is 11.6 Å². The molecule has 0 saturated heterocycles. The molecule has 0 aliphatic heterocycles. The maximum absolute atomic E-state index is 6.35. The summed E-state index contributed by atoms with van der Waals surface area (Å²) in [6.45, 7) is 5.27. The van der Waals surface area contributed by atoms with Crippen LogP contribution in [0.2, 0.25) is 5.02 Å². The van der Waals surface area contributed by atoms with Crippen molar-refractivity contribution in [2.24, 2.45) is 0 Å². The molecule has 2 aromatic carbocycles. The highest BCUT2D eigenvalue weighted by Crippen LogP contribution is 2.28. The number of halogens is 1. The van der Waals surface area contributed by atoms with E-state index >= 15 is 0 Å². The molecule has 100 valence electrons. The van der Waals surface area contributed by atoms with Crippen LogP contribution in [-0.4, -0.2) is 6.54 Å². The number of hydrogen-bond acceptors (Lipinski definition) is 1. The van der Waals surface area contributed by atoms with E-state index in [0.717, 1.165) is 23.6 Å². The molecule has 0 aliphatic carbocycles. The Bertz CT molecular complexity index is 536. The molecule has 0 heterocycles. The van der Waals surface area contributed by atoms with Gasteiger partial charge in [-0.3, -0.25) is 0 Å². The largest absolute Gasteiger partial charge is 0.306 e. The summed E-state index contributed by atoms with van der Waals surface area (Å²) < 4.78 is 0. The van der Waals surface area contributed by atoms with E-state index in [9.17, 15) is 0 Å². The van der Waals surface area contributed by atoms with Crippen LogP contribution in [0.15, 0.2) is 48.5 Å². The van der Waals surface area contributed by atoms with Crippen molar-refractivity contribution < 1.29 is 0 Å². The summed E-state index contributed by atoms with van der Waals surface area (Å²) in [4.78, 5) is 0. The first-order chi connectivity index (χ1) is 9.22. The van der Waals surface area contributed by atoms with Crippen LogP contribution in [0.3, 0.4) is 0 Å². The minimum absolute atomic E-state index is 0.161. The minimum atomic E-state index is 0.161. The van der Waals surface area contributed by atoms with Crippen LogP contribution in [0, 0.1) is 6.92 Å². The normalized spacial score (nSPS) is 12.4. The van der Waals surface area contributed by atoms with Crippen molar-refractivity contribution in [3.8, 4) is 0 Å². The Morgan fingerprint density at radius 2 is 1.89 bits per heavy atom. The van der Waals surface area contributed by atoms with Gasteiger partial charge in [0, 0.05) is 5.02 Å². The standard InChI is InChI=1S/C17H20ClN/c1-3-11-19-17(14-8-6-7-13(2)12-14)15-9-4-5-10-16(15)18/h4-10,12,17,19H,3,11H2,1-2H3. The van der Waals surface area contributed by atoms with Crippen LogP contribution >= 0.6 is 11.6 Å². The summed E-state index contributed by atoms with van der Waals surface area (Å²) in [5.74, 6) is 0. The van der Waals surface area contributed by atoms with Gasteiger partial charge in [-0.2, -0.15) is 0 Å². The van der Waals surface area contributed by atoms with Crippen LogP contribution in [0.4, 0.5) is 0 Å². The van der Waals surface area contributed by atoms with Crippen molar-refractivity contribution in [3.63, 3.8) is 0 Å². The predicted molar refractivity (Wildman–Crippen MR) is 82.8 cm³/mol. The third kappa shape index (κ3) is 3.59. The van der Waals surface area contributed by atoms with Gasteiger partial charge < -0.3 is 5.32 Å². The van der Waals surface area contributed by atoms with Gasteiger partial charge in [-0.05, 0) is 37.1 Å². The van der Waals surface area contributed by atoms with Gasteiger partial charge in [0.05, 0.1) is 6.04 Å². The zero-order chi connectivity index (χ0) is 13.7. The van der Waals surface area contributed by atoms with E-state index in [4.69, 9.17) is 11.6 Å². The lowest BCUT2D eigenvalue weighted by atomic mass is 9.97. The van der Waals surface area contributed by atoms with Crippen molar-refractivity contribution in [2.75, 3.05) is 6.54 Å². The van der Waals surface area contributed by atoms with E-state index in [1.165, 1.54) is 11.1 Å². The number of hydrogen-bond donors (Lipinski definition) is 1. The fourth-order valence-electron chi connectivity index (χ4n) is 2.25. The number of benzene rings is 2. The summed E-state index contributed by atoms with van der Waals surface area (Å²) in [5, 5.41) is 4.40. The molecule has 0 bridgehead atoms. The Morgan fingerprint density at radius 1 is 1.11 bits per heavy atom. The second kappa shape index (κ2) is 6.74. The third-order valence-electron chi connectivity index (χ3n) is 3.19. The van der Waals surface area contributed by atoms with Crippen molar-refractivity contribution in [3.05, 3.63) is 70.2 Å². The van der Waals surface area contributed by atoms with Gasteiger partial charge in [0.25, 0.3) is 0 Å². The van der Waals surface area contributed by atoms with Crippen LogP contribution in [-0.2, 0) is 0 Å². The van der Waals surface area contributed by atoms with Crippen LogP contribution in [0.1, 0.15) is 36.1 Å². The molecule has 0 spiro atoms. The SMILES string of the molecule is CCCNC(c1cccc(C)c1)c1ccccc1Cl. The van der Waals surface area contributed by atoms with E-state index in [1.54, 1.807) is 0 Å². The predicted octanol–water partition coefficient (Wildman–Crippen LogP) is 4.74. The molecule has 0 saturated carbocycles. The average Bonchev–Trinajstić information content (AvgIpc) is 2.41. The van der Waals surface area contributed by atoms with Crippen LogP contribution < -0.4 is 5.32 Å². The fraction of sp³-hybridized carbons (Fsp3) is 0.294. The summed E-state index contributed by atoms with van der Waals surface area (Å²) in [7, 11) is 0. The van der Waals surface area contributed by atoms with Crippen molar-refractivity contribution in [2.45, 2.75) is 26.3 Å². The van der Waals surface area contributed by atoms with Crippen LogP contribution in [0.5, 0.6) is 0 Å². The van der Waals surface area contributed by atoms with E-state index < -0.39 is 0 Å². The molecule has 2 heteroatoms. The summed E-state index contributed by atoms with van der Waals surface area (Å²) in [6, 6.07) is 16.8. The lowest BCUT2D eigenvalue weighted by Crippen LogP contribution is -2.23. The zero-order valence-electron chi connectivity index (χ0n) is 11.5. The number of nitrogens with one attached hydrogen (secondary N) is 1. The molecule has 1 atom stereocenters.